The van der Waals surface area contributed by atoms with Crippen molar-refractivity contribution >= 4 is 0 Å². The highest BCUT2D eigenvalue weighted by Gasteiger charge is 1.77. The van der Waals surface area contributed by atoms with E-state index in [1.807, 2.05) is 0 Å². The van der Waals surface area contributed by atoms with E-state index in [2.05, 4.69) is 8.83 Å². The molecule has 1 rings (SSSR count). The van der Waals surface area contributed by atoms with Gasteiger partial charge in [-0.2, -0.15) is 5.26 Å². The Kier molecular flexibility index (Phi) is 3.88. The Morgan fingerprint density at radius 3 is 2.00 bits per heavy atom. The van der Waals surface area contributed by atoms with Gasteiger partial charge in [-0.25, -0.2) is 4.79 Å². The SMILES string of the molecule is CC#N.O=c1occo1. The van der Waals surface area contributed by atoms with Crippen LogP contribution in [0.15, 0.2) is 26.2 Å². The van der Waals surface area contributed by atoms with E-state index in [0.29, 0.717) is 0 Å². The van der Waals surface area contributed by atoms with Crippen LogP contribution in [-0.2, 0) is 0 Å². The fourth-order valence-electron chi connectivity index (χ4n) is 0.194. The summed E-state index contributed by atoms with van der Waals surface area (Å²) >= 11 is 0. The standard InChI is InChI=1S/C3H2O3.C2H3N/c4-3-5-1-2-6-3;1-2-3/h1-2H;1H3. The molecule has 0 radical (unpaired) electrons. The Bertz CT molecular complexity index is 212. The number of rotatable bonds is 0. The molecule has 48 valence electrons. The second-order valence-corrected chi connectivity index (χ2v) is 0.981. The molecule has 9 heavy (non-hydrogen) atoms. The number of nitrogens with zero attached hydrogens (tertiary/aromatic N) is 1. The van der Waals surface area contributed by atoms with Crippen molar-refractivity contribution in [1.82, 2.24) is 0 Å². The summed E-state index contributed by atoms with van der Waals surface area (Å²) in [4.78, 5) is 9.74. The van der Waals surface area contributed by atoms with Crippen LogP contribution in [0.2, 0.25) is 0 Å². The lowest BCUT2D eigenvalue weighted by atomic mass is 11.0. The van der Waals surface area contributed by atoms with Crippen molar-refractivity contribution < 1.29 is 8.83 Å². The molecule has 0 fully saturated rings. The molecular weight excluding hydrogens is 122 g/mol. The molecule has 0 spiro atoms. The molecule has 4 nitrogen and oxygen atoms in total. The Balaban J connectivity index is 0.000000187. The first-order valence-electron chi connectivity index (χ1n) is 2.14. The van der Waals surface area contributed by atoms with Crippen LogP contribution in [-0.4, -0.2) is 0 Å². The normalized spacial score (nSPS) is 6.67. The van der Waals surface area contributed by atoms with E-state index in [9.17, 15) is 4.79 Å². The molecule has 4 heteroatoms. The molecule has 0 aromatic carbocycles. The van der Waals surface area contributed by atoms with Crippen molar-refractivity contribution in [2.45, 2.75) is 6.92 Å². The minimum atomic E-state index is -0.657. The Labute approximate surface area is 51.3 Å². The largest absolute Gasteiger partial charge is 0.518 e. The van der Waals surface area contributed by atoms with Crippen LogP contribution in [0.3, 0.4) is 0 Å². The van der Waals surface area contributed by atoms with Crippen molar-refractivity contribution in [1.29, 1.82) is 5.26 Å². The van der Waals surface area contributed by atoms with Gasteiger partial charge in [-0.3, -0.25) is 0 Å². The quantitative estimate of drug-likeness (QED) is 0.516. The molecule has 0 aliphatic carbocycles. The lowest BCUT2D eigenvalue weighted by Crippen LogP contribution is -1.83. The zero-order valence-electron chi connectivity index (χ0n) is 4.83. The van der Waals surface area contributed by atoms with Gasteiger partial charge in [0.05, 0.1) is 6.07 Å². The lowest BCUT2D eigenvalue weighted by molar-refractivity contribution is 0.385. The first-order valence-corrected chi connectivity index (χ1v) is 2.14. The van der Waals surface area contributed by atoms with Gasteiger partial charge in [-0.1, -0.05) is 0 Å². The Morgan fingerprint density at radius 2 is 1.89 bits per heavy atom. The fourth-order valence-corrected chi connectivity index (χ4v) is 0.194. The minimum absolute atomic E-state index is 0.657. The number of hydrogen-bond donors (Lipinski definition) is 0. The summed E-state index contributed by atoms with van der Waals surface area (Å²) in [7, 11) is 0. The Morgan fingerprint density at radius 1 is 1.56 bits per heavy atom. The van der Waals surface area contributed by atoms with Gasteiger partial charge in [0, 0.05) is 6.92 Å². The van der Waals surface area contributed by atoms with Crippen molar-refractivity contribution in [2.24, 2.45) is 0 Å². The highest BCUT2D eigenvalue weighted by molar-refractivity contribution is 4.51. The van der Waals surface area contributed by atoms with Gasteiger partial charge in [0.15, 0.2) is 0 Å². The molecule has 0 saturated heterocycles. The second kappa shape index (κ2) is 4.65. The van der Waals surface area contributed by atoms with E-state index in [-0.39, 0.29) is 0 Å². The first-order chi connectivity index (χ1) is 4.31. The summed E-state index contributed by atoms with van der Waals surface area (Å²) in [5.41, 5.74) is 0. The van der Waals surface area contributed by atoms with E-state index in [1.165, 1.54) is 19.5 Å². The third-order valence-corrected chi connectivity index (χ3v) is 0.384. The molecule has 1 aromatic heterocycles. The van der Waals surface area contributed by atoms with Crippen LogP contribution in [0.5, 0.6) is 0 Å². The highest BCUT2D eigenvalue weighted by Crippen LogP contribution is 1.70. The maximum absolute atomic E-state index is 9.74. The molecule has 0 N–H and O–H groups in total. The van der Waals surface area contributed by atoms with E-state index >= 15 is 0 Å². The van der Waals surface area contributed by atoms with Crippen LogP contribution in [0.25, 0.3) is 0 Å². The minimum Gasteiger partial charge on any atom is -0.399 e. The summed E-state index contributed by atoms with van der Waals surface area (Å²) in [6.07, 6.45) is 2.37. The molecule has 0 atom stereocenters. The van der Waals surface area contributed by atoms with Gasteiger partial charge < -0.3 is 8.83 Å². The van der Waals surface area contributed by atoms with Crippen LogP contribution in [0, 0.1) is 11.3 Å². The Hall–Kier alpha value is -1.50. The second-order valence-electron chi connectivity index (χ2n) is 0.981. The number of nitriles is 1. The van der Waals surface area contributed by atoms with Gasteiger partial charge >= 0.3 is 5.82 Å². The maximum Gasteiger partial charge on any atom is 0.518 e. The van der Waals surface area contributed by atoms with Gasteiger partial charge in [-0.15, -0.1) is 0 Å². The molecule has 0 amide bonds. The fraction of sp³-hybridized carbons (Fsp3) is 0.200. The smallest absolute Gasteiger partial charge is 0.399 e. The summed E-state index contributed by atoms with van der Waals surface area (Å²) < 4.78 is 8.22. The molecule has 0 bridgehead atoms. The van der Waals surface area contributed by atoms with Gasteiger partial charge in [-0.05, 0) is 0 Å². The zero-order valence-corrected chi connectivity index (χ0v) is 4.83. The van der Waals surface area contributed by atoms with Crippen LogP contribution in [0.4, 0.5) is 0 Å². The van der Waals surface area contributed by atoms with Crippen LogP contribution < -0.4 is 5.82 Å². The van der Waals surface area contributed by atoms with Crippen molar-refractivity contribution in [3.63, 3.8) is 0 Å². The van der Waals surface area contributed by atoms with Crippen molar-refractivity contribution in [2.75, 3.05) is 0 Å². The van der Waals surface area contributed by atoms with E-state index in [0.717, 1.165) is 0 Å². The predicted molar refractivity (Wildman–Crippen MR) is 28.5 cm³/mol. The summed E-state index contributed by atoms with van der Waals surface area (Å²) in [5.74, 6) is -0.657. The topological polar surface area (TPSA) is 67.1 Å². The first kappa shape index (κ1) is 7.50. The summed E-state index contributed by atoms with van der Waals surface area (Å²) in [5, 5.41) is 7.32. The molecular formula is C5H5NO3. The van der Waals surface area contributed by atoms with E-state index < -0.39 is 5.82 Å². The van der Waals surface area contributed by atoms with Gasteiger partial charge in [0.25, 0.3) is 0 Å². The summed E-state index contributed by atoms with van der Waals surface area (Å²) in [6.45, 7) is 1.43. The third-order valence-electron chi connectivity index (χ3n) is 0.384. The molecule has 1 aromatic rings. The van der Waals surface area contributed by atoms with Crippen LogP contribution >= 0.6 is 0 Å². The third kappa shape index (κ3) is 4.35. The summed E-state index contributed by atoms with van der Waals surface area (Å²) in [6, 6.07) is 1.75. The molecule has 0 unspecified atom stereocenters. The van der Waals surface area contributed by atoms with E-state index in [1.54, 1.807) is 6.07 Å². The monoisotopic (exact) mass is 127 g/mol. The predicted octanol–water partition coefficient (Wildman–Crippen LogP) is 0.763. The average molecular weight is 127 g/mol. The maximum atomic E-state index is 9.74. The highest BCUT2D eigenvalue weighted by atomic mass is 16.5. The van der Waals surface area contributed by atoms with Gasteiger partial charge in [0.2, 0.25) is 0 Å². The zero-order chi connectivity index (χ0) is 7.11. The van der Waals surface area contributed by atoms with Crippen molar-refractivity contribution in [3.8, 4) is 6.07 Å². The van der Waals surface area contributed by atoms with Crippen LogP contribution in [0.1, 0.15) is 6.92 Å². The molecule has 0 saturated carbocycles. The lowest BCUT2D eigenvalue weighted by Gasteiger charge is -1.49. The van der Waals surface area contributed by atoms with Gasteiger partial charge in [0.1, 0.15) is 12.5 Å². The molecule has 0 aliphatic rings. The number of hydrogen-bond acceptors (Lipinski definition) is 4. The molecule has 1 heterocycles. The average Bonchev–Trinajstić information content (AvgIpc) is 2.20. The van der Waals surface area contributed by atoms with Crippen molar-refractivity contribution in [3.05, 3.63) is 23.1 Å². The molecule has 0 aliphatic heterocycles. The van der Waals surface area contributed by atoms with E-state index in [4.69, 9.17) is 5.26 Å².